The van der Waals surface area contributed by atoms with Crippen LogP contribution in [-0.2, 0) is 4.74 Å². The number of nitriles is 1. The van der Waals surface area contributed by atoms with E-state index in [0.717, 1.165) is 24.2 Å². The molecule has 6 nitrogen and oxygen atoms in total. The predicted octanol–water partition coefficient (Wildman–Crippen LogP) is 1.67. The van der Waals surface area contributed by atoms with Crippen LogP contribution in [0.25, 0.3) is 0 Å². The quantitative estimate of drug-likeness (QED) is 0.837. The Hall–Kier alpha value is -2.10. The number of piperidine rings is 1. The molecule has 2 atom stereocenters. The highest BCUT2D eigenvalue weighted by Gasteiger charge is 2.58. The summed E-state index contributed by atoms with van der Waals surface area (Å²) < 4.78 is 5.31. The second-order valence-corrected chi connectivity index (χ2v) is 5.34. The van der Waals surface area contributed by atoms with Crippen LogP contribution in [0.15, 0.2) is 30.3 Å². The standard InChI is InChI=1S/C15H17N3O3/c16-11-15(20)13(17-9-5-2-6-10-17)21-14(19)18(15)12-7-3-1-4-8-12/h1,3-4,7-8,13,20H,2,5-6,9-10H2. The number of cyclic esters (lactones) is 1. The topological polar surface area (TPSA) is 76.8 Å². The van der Waals surface area contributed by atoms with Crippen LogP contribution in [0.3, 0.4) is 0 Å². The Labute approximate surface area is 123 Å². The SMILES string of the molecule is N#CC1(O)C(N2CCCCC2)OC(=O)N1c1ccccc1. The molecule has 2 unspecified atom stereocenters. The molecule has 0 aromatic heterocycles. The maximum absolute atomic E-state index is 12.2. The molecule has 1 amide bonds. The number of ether oxygens (including phenoxy) is 1. The minimum atomic E-state index is -2.00. The summed E-state index contributed by atoms with van der Waals surface area (Å²) >= 11 is 0. The number of aliphatic hydroxyl groups is 1. The number of likely N-dealkylation sites (tertiary alicyclic amines) is 1. The lowest BCUT2D eigenvalue weighted by molar-refractivity contribution is -0.0874. The van der Waals surface area contributed by atoms with Crippen molar-refractivity contribution in [3.63, 3.8) is 0 Å². The Balaban J connectivity index is 1.95. The molecular weight excluding hydrogens is 270 g/mol. The van der Waals surface area contributed by atoms with Gasteiger partial charge in [-0.15, -0.1) is 0 Å². The fraction of sp³-hybridized carbons (Fsp3) is 0.467. The highest BCUT2D eigenvalue weighted by Crippen LogP contribution is 2.35. The molecule has 2 aliphatic heterocycles. The second kappa shape index (κ2) is 5.35. The van der Waals surface area contributed by atoms with E-state index in [4.69, 9.17) is 4.74 Å². The molecule has 1 aromatic carbocycles. The largest absolute Gasteiger partial charge is 0.423 e. The first-order valence-electron chi connectivity index (χ1n) is 7.10. The molecule has 0 aliphatic carbocycles. The first-order valence-corrected chi connectivity index (χ1v) is 7.10. The Morgan fingerprint density at radius 2 is 1.90 bits per heavy atom. The maximum atomic E-state index is 12.2. The van der Waals surface area contributed by atoms with E-state index < -0.39 is 18.0 Å². The zero-order valence-corrected chi connectivity index (χ0v) is 11.6. The van der Waals surface area contributed by atoms with E-state index in [1.807, 2.05) is 11.0 Å². The van der Waals surface area contributed by atoms with E-state index in [9.17, 15) is 15.2 Å². The minimum absolute atomic E-state index is 0.450. The fourth-order valence-electron chi connectivity index (χ4n) is 2.95. The molecule has 6 heteroatoms. The number of carbonyl (C=O) groups is 1. The highest BCUT2D eigenvalue weighted by atomic mass is 16.6. The fourth-order valence-corrected chi connectivity index (χ4v) is 2.95. The summed E-state index contributed by atoms with van der Waals surface area (Å²) in [7, 11) is 0. The molecule has 1 aromatic rings. The first-order chi connectivity index (χ1) is 10.2. The van der Waals surface area contributed by atoms with Gasteiger partial charge >= 0.3 is 6.09 Å². The smallest absolute Gasteiger partial charge is 0.419 e. The number of para-hydroxylation sites is 1. The van der Waals surface area contributed by atoms with Crippen LogP contribution in [0.4, 0.5) is 10.5 Å². The molecule has 1 N–H and O–H groups in total. The molecule has 3 rings (SSSR count). The molecule has 0 radical (unpaired) electrons. The third kappa shape index (κ3) is 2.24. The number of hydrogen-bond donors (Lipinski definition) is 1. The Bertz CT molecular complexity index is 565. The van der Waals surface area contributed by atoms with E-state index in [0.29, 0.717) is 18.8 Å². The molecule has 110 valence electrons. The van der Waals surface area contributed by atoms with Crippen molar-refractivity contribution in [2.24, 2.45) is 0 Å². The maximum Gasteiger partial charge on any atom is 0.419 e. The van der Waals surface area contributed by atoms with Gasteiger partial charge in [0.1, 0.15) is 6.07 Å². The Morgan fingerprint density at radius 3 is 2.52 bits per heavy atom. The minimum Gasteiger partial charge on any atom is -0.423 e. The van der Waals surface area contributed by atoms with Crippen LogP contribution >= 0.6 is 0 Å². The van der Waals surface area contributed by atoms with Gasteiger partial charge in [-0.1, -0.05) is 24.6 Å². The molecule has 2 heterocycles. The average molecular weight is 287 g/mol. The lowest BCUT2D eigenvalue weighted by atomic mass is 10.1. The van der Waals surface area contributed by atoms with Gasteiger partial charge in [0.2, 0.25) is 6.23 Å². The summed E-state index contributed by atoms with van der Waals surface area (Å²) in [6, 6.07) is 10.5. The molecule has 0 saturated carbocycles. The highest BCUT2D eigenvalue weighted by molar-refractivity contribution is 5.92. The van der Waals surface area contributed by atoms with Crippen molar-refractivity contribution in [2.75, 3.05) is 18.0 Å². The van der Waals surface area contributed by atoms with Gasteiger partial charge in [0, 0.05) is 13.1 Å². The van der Waals surface area contributed by atoms with Gasteiger partial charge in [-0.3, -0.25) is 4.90 Å². The van der Waals surface area contributed by atoms with Gasteiger partial charge in [-0.25, -0.2) is 9.69 Å². The van der Waals surface area contributed by atoms with Crippen molar-refractivity contribution in [3.05, 3.63) is 30.3 Å². The van der Waals surface area contributed by atoms with Crippen molar-refractivity contribution in [1.29, 1.82) is 5.26 Å². The van der Waals surface area contributed by atoms with Gasteiger partial charge in [-0.05, 0) is 25.0 Å². The van der Waals surface area contributed by atoms with Crippen LogP contribution in [0, 0.1) is 11.3 Å². The van der Waals surface area contributed by atoms with Crippen LogP contribution in [-0.4, -0.2) is 41.1 Å². The molecular formula is C15H17N3O3. The number of rotatable bonds is 2. The molecule has 0 spiro atoms. The number of amides is 1. The third-order valence-corrected chi connectivity index (χ3v) is 3.98. The molecule has 2 aliphatic rings. The van der Waals surface area contributed by atoms with Crippen molar-refractivity contribution in [2.45, 2.75) is 31.2 Å². The van der Waals surface area contributed by atoms with E-state index in [1.54, 1.807) is 30.3 Å². The van der Waals surface area contributed by atoms with Gasteiger partial charge in [0.15, 0.2) is 0 Å². The van der Waals surface area contributed by atoms with E-state index in [2.05, 4.69) is 0 Å². The number of hydrogen-bond acceptors (Lipinski definition) is 5. The van der Waals surface area contributed by atoms with E-state index in [-0.39, 0.29) is 0 Å². The first kappa shape index (κ1) is 13.9. The number of nitrogens with zero attached hydrogens (tertiary/aromatic N) is 3. The molecule has 2 saturated heterocycles. The van der Waals surface area contributed by atoms with Gasteiger partial charge in [0.25, 0.3) is 5.72 Å². The van der Waals surface area contributed by atoms with Crippen molar-refractivity contribution in [3.8, 4) is 6.07 Å². The second-order valence-electron chi connectivity index (χ2n) is 5.34. The van der Waals surface area contributed by atoms with Crippen LogP contribution in [0.5, 0.6) is 0 Å². The summed E-state index contributed by atoms with van der Waals surface area (Å²) in [6.07, 6.45) is 1.42. The van der Waals surface area contributed by atoms with Gasteiger partial charge in [-0.2, -0.15) is 5.26 Å². The van der Waals surface area contributed by atoms with Crippen LogP contribution in [0.1, 0.15) is 19.3 Å². The zero-order chi connectivity index (χ0) is 14.9. The third-order valence-electron chi connectivity index (χ3n) is 3.98. The molecule has 0 bridgehead atoms. The predicted molar refractivity (Wildman–Crippen MR) is 75.2 cm³/mol. The summed E-state index contributed by atoms with van der Waals surface area (Å²) in [5, 5.41) is 20.2. The van der Waals surface area contributed by atoms with Crippen LogP contribution in [0.2, 0.25) is 0 Å². The number of benzene rings is 1. The zero-order valence-electron chi connectivity index (χ0n) is 11.6. The Kier molecular flexibility index (Phi) is 3.53. The lowest BCUT2D eigenvalue weighted by Gasteiger charge is -2.36. The molecule has 21 heavy (non-hydrogen) atoms. The van der Waals surface area contributed by atoms with Crippen molar-refractivity contribution >= 4 is 11.8 Å². The Morgan fingerprint density at radius 1 is 1.24 bits per heavy atom. The number of anilines is 1. The summed E-state index contributed by atoms with van der Waals surface area (Å²) in [5.74, 6) is 0. The normalized spacial score (nSPS) is 30.0. The van der Waals surface area contributed by atoms with Gasteiger partial charge < -0.3 is 9.84 Å². The lowest BCUT2D eigenvalue weighted by Crippen LogP contribution is -2.57. The van der Waals surface area contributed by atoms with Crippen LogP contribution < -0.4 is 4.90 Å². The summed E-state index contributed by atoms with van der Waals surface area (Å²) in [5.41, 5.74) is -1.55. The van der Waals surface area contributed by atoms with Crippen molar-refractivity contribution in [1.82, 2.24) is 4.90 Å². The van der Waals surface area contributed by atoms with E-state index in [1.165, 1.54) is 0 Å². The summed E-state index contributed by atoms with van der Waals surface area (Å²) in [6.45, 7) is 1.43. The summed E-state index contributed by atoms with van der Waals surface area (Å²) in [4.78, 5) is 15.1. The monoisotopic (exact) mass is 287 g/mol. The van der Waals surface area contributed by atoms with Crippen molar-refractivity contribution < 1.29 is 14.6 Å². The van der Waals surface area contributed by atoms with E-state index >= 15 is 0 Å². The van der Waals surface area contributed by atoms with Gasteiger partial charge in [0.05, 0.1) is 5.69 Å². The number of carbonyl (C=O) groups excluding carboxylic acids is 1. The molecule has 2 fully saturated rings. The average Bonchev–Trinajstić information content (AvgIpc) is 2.81.